The molecule has 0 unspecified atom stereocenters. The van der Waals surface area contributed by atoms with Gasteiger partial charge in [-0.25, -0.2) is 15.0 Å². The van der Waals surface area contributed by atoms with Crippen molar-refractivity contribution in [1.82, 2.24) is 20.3 Å². The van der Waals surface area contributed by atoms with Gasteiger partial charge in [0.1, 0.15) is 5.01 Å². The maximum Gasteiger partial charge on any atom is 0.271 e. The van der Waals surface area contributed by atoms with Crippen LogP contribution in [0.3, 0.4) is 0 Å². The maximum absolute atomic E-state index is 12.5. The Hall–Kier alpha value is -2.25. The Labute approximate surface area is 153 Å². The summed E-state index contributed by atoms with van der Waals surface area (Å²) in [5, 5.41) is 3.95. The number of hydrogen-bond acceptors (Lipinski definition) is 6. The second-order valence-corrected chi connectivity index (χ2v) is 7.34. The average molecular weight is 374 g/mol. The molecule has 0 saturated carbocycles. The van der Waals surface area contributed by atoms with Crippen molar-refractivity contribution in [3.8, 4) is 0 Å². The number of benzene rings is 1. The van der Waals surface area contributed by atoms with Gasteiger partial charge in [-0.1, -0.05) is 23.7 Å². The van der Waals surface area contributed by atoms with Crippen molar-refractivity contribution in [2.75, 3.05) is 18.0 Å². The second kappa shape index (κ2) is 6.93. The van der Waals surface area contributed by atoms with E-state index in [1.54, 1.807) is 11.3 Å². The summed E-state index contributed by atoms with van der Waals surface area (Å²) < 4.78 is 1.10. The fourth-order valence-corrected chi connectivity index (χ4v) is 3.91. The van der Waals surface area contributed by atoms with Crippen molar-refractivity contribution in [3.05, 3.63) is 46.2 Å². The van der Waals surface area contributed by atoms with E-state index in [2.05, 4.69) is 25.2 Å². The number of rotatable bonds is 4. The van der Waals surface area contributed by atoms with Crippen LogP contribution in [0.2, 0.25) is 5.02 Å². The number of carbonyl (C=O) groups is 1. The van der Waals surface area contributed by atoms with Crippen molar-refractivity contribution in [2.45, 2.75) is 19.4 Å². The number of nitrogens with one attached hydrogen (secondary N) is 1. The molecule has 1 amide bonds. The number of aromatic nitrogens is 3. The van der Waals surface area contributed by atoms with Crippen molar-refractivity contribution in [1.29, 1.82) is 0 Å². The van der Waals surface area contributed by atoms with Crippen LogP contribution < -0.4 is 10.2 Å². The third-order valence-corrected chi connectivity index (χ3v) is 5.39. The van der Waals surface area contributed by atoms with Gasteiger partial charge < -0.3 is 10.2 Å². The fraction of sp³-hybridized carbons (Fsp3) is 0.294. The van der Waals surface area contributed by atoms with Gasteiger partial charge in [0, 0.05) is 13.1 Å². The lowest BCUT2D eigenvalue weighted by molar-refractivity contribution is 0.0946. The van der Waals surface area contributed by atoms with Crippen molar-refractivity contribution in [3.63, 3.8) is 0 Å². The highest BCUT2D eigenvalue weighted by Crippen LogP contribution is 2.22. The van der Waals surface area contributed by atoms with Gasteiger partial charge in [-0.15, -0.1) is 11.3 Å². The number of fused-ring (bicyclic) bond motifs is 1. The van der Waals surface area contributed by atoms with Gasteiger partial charge in [-0.05, 0) is 25.0 Å². The highest BCUT2D eigenvalue weighted by Gasteiger charge is 2.19. The third kappa shape index (κ3) is 3.43. The summed E-state index contributed by atoms with van der Waals surface area (Å²) in [5.74, 6) is 0.249. The first-order valence-corrected chi connectivity index (χ1v) is 9.30. The van der Waals surface area contributed by atoms with E-state index in [1.807, 2.05) is 24.3 Å². The predicted molar refractivity (Wildman–Crippen MR) is 99.3 cm³/mol. The summed E-state index contributed by atoms with van der Waals surface area (Å²) in [7, 11) is 0. The van der Waals surface area contributed by atoms with E-state index < -0.39 is 0 Å². The molecule has 1 saturated heterocycles. The zero-order chi connectivity index (χ0) is 17.2. The van der Waals surface area contributed by atoms with E-state index >= 15 is 0 Å². The van der Waals surface area contributed by atoms with Crippen LogP contribution in [0.5, 0.6) is 0 Å². The number of carbonyl (C=O) groups excluding carboxylic acids is 1. The zero-order valence-corrected chi connectivity index (χ0v) is 15.0. The lowest BCUT2D eigenvalue weighted by Gasteiger charge is -2.15. The molecule has 3 aromatic rings. The molecule has 1 aromatic carbocycles. The van der Waals surface area contributed by atoms with Gasteiger partial charge in [0.25, 0.3) is 5.91 Å². The van der Waals surface area contributed by atoms with Gasteiger partial charge in [-0.2, -0.15) is 0 Å². The number of amides is 1. The van der Waals surface area contributed by atoms with Crippen LogP contribution >= 0.6 is 22.9 Å². The molecule has 0 radical (unpaired) electrons. The van der Waals surface area contributed by atoms with E-state index in [-0.39, 0.29) is 16.6 Å². The highest BCUT2D eigenvalue weighted by atomic mass is 35.5. The standard InChI is InChI=1S/C17H16ClN5OS/c18-11-9-20-17(23-7-3-4-8-23)22-15(11)16(24)19-10-14-21-12-5-1-2-6-13(12)25-14/h1-2,5-6,9H,3-4,7-8,10H2,(H,19,24). The molecule has 0 aliphatic carbocycles. The smallest absolute Gasteiger partial charge is 0.271 e. The molecule has 1 fully saturated rings. The van der Waals surface area contributed by atoms with E-state index in [4.69, 9.17) is 11.6 Å². The summed E-state index contributed by atoms with van der Waals surface area (Å²) in [4.78, 5) is 27.7. The van der Waals surface area contributed by atoms with E-state index in [0.717, 1.165) is 41.2 Å². The molecule has 0 atom stereocenters. The normalized spacial score (nSPS) is 14.2. The molecule has 0 bridgehead atoms. The van der Waals surface area contributed by atoms with Gasteiger partial charge in [0.2, 0.25) is 5.95 Å². The first-order valence-electron chi connectivity index (χ1n) is 8.11. The largest absolute Gasteiger partial charge is 0.344 e. The summed E-state index contributed by atoms with van der Waals surface area (Å²) >= 11 is 7.69. The van der Waals surface area contributed by atoms with Crippen molar-refractivity contribution in [2.24, 2.45) is 0 Å². The van der Waals surface area contributed by atoms with Crippen LogP contribution in [-0.4, -0.2) is 33.9 Å². The highest BCUT2D eigenvalue weighted by molar-refractivity contribution is 7.18. The van der Waals surface area contributed by atoms with E-state index in [9.17, 15) is 4.79 Å². The number of hydrogen-bond donors (Lipinski definition) is 1. The summed E-state index contributed by atoms with van der Waals surface area (Å²) in [5.41, 5.74) is 1.15. The first-order chi connectivity index (χ1) is 12.2. The van der Waals surface area contributed by atoms with Crippen molar-refractivity contribution < 1.29 is 4.79 Å². The number of halogens is 1. The molecule has 0 spiro atoms. The Bertz CT molecular complexity index is 889. The van der Waals surface area contributed by atoms with Crippen LogP contribution in [0.15, 0.2) is 30.5 Å². The third-order valence-electron chi connectivity index (χ3n) is 4.07. The minimum Gasteiger partial charge on any atom is -0.344 e. The summed E-state index contributed by atoms with van der Waals surface area (Å²) in [6, 6.07) is 7.90. The quantitative estimate of drug-likeness (QED) is 0.760. The summed E-state index contributed by atoms with van der Waals surface area (Å²) in [6.45, 7) is 2.17. The zero-order valence-electron chi connectivity index (χ0n) is 13.4. The van der Waals surface area contributed by atoms with Crippen LogP contribution in [0.4, 0.5) is 5.95 Å². The Morgan fingerprint density at radius 3 is 2.84 bits per heavy atom. The first kappa shape index (κ1) is 16.2. The molecule has 6 nitrogen and oxygen atoms in total. The molecule has 25 heavy (non-hydrogen) atoms. The molecule has 1 N–H and O–H groups in total. The van der Waals surface area contributed by atoms with Crippen LogP contribution in [0, 0.1) is 0 Å². The maximum atomic E-state index is 12.5. The van der Waals surface area contributed by atoms with Gasteiger partial charge in [0.05, 0.1) is 28.0 Å². The Balaban J connectivity index is 1.49. The monoisotopic (exact) mass is 373 g/mol. The minimum absolute atomic E-state index is 0.208. The minimum atomic E-state index is -0.313. The number of nitrogens with zero attached hydrogens (tertiary/aromatic N) is 4. The SMILES string of the molecule is O=C(NCc1nc2ccccc2s1)c1nc(N2CCCC2)ncc1Cl. The molecule has 2 aromatic heterocycles. The molecule has 128 valence electrons. The predicted octanol–water partition coefficient (Wildman–Crippen LogP) is 3.27. The van der Waals surface area contributed by atoms with Gasteiger partial charge >= 0.3 is 0 Å². The molecular formula is C17H16ClN5OS. The average Bonchev–Trinajstić information content (AvgIpc) is 3.29. The van der Waals surface area contributed by atoms with Crippen LogP contribution in [0.1, 0.15) is 28.3 Å². The van der Waals surface area contributed by atoms with Crippen molar-refractivity contribution >= 4 is 45.0 Å². The van der Waals surface area contributed by atoms with Gasteiger partial charge in [0.15, 0.2) is 5.69 Å². The van der Waals surface area contributed by atoms with Crippen LogP contribution in [0.25, 0.3) is 10.2 Å². The molecule has 1 aliphatic rings. The fourth-order valence-electron chi connectivity index (χ4n) is 2.82. The number of thiazole rings is 1. The lowest BCUT2D eigenvalue weighted by Crippen LogP contribution is -2.26. The molecule has 8 heteroatoms. The molecular weight excluding hydrogens is 358 g/mol. The Morgan fingerprint density at radius 2 is 2.04 bits per heavy atom. The number of para-hydroxylation sites is 1. The van der Waals surface area contributed by atoms with Gasteiger partial charge in [-0.3, -0.25) is 4.79 Å². The molecule has 3 heterocycles. The molecule has 4 rings (SSSR count). The van der Waals surface area contributed by atoms with E-state index in [0.29, 0.717) is 12.5 Å². The summed E-state index contributed by atoms with van der Waals surface area (Å²) in [6.07, 6.45) is 3.73. The molecule has 1 aliphatic heterocycles. The second-order valence-electron chi connectivity index (χ2n) is 5.82. The van der Waals surface area contributed by atoms with Crippen LogP contribution in [-0.2, 0) is 6.54 Å². The van der Waals surface area contributed by atoms with E-state index in [1.165, 1.54) is 6.20 Å². The Morgan fingerprint density at radius 1 is 1.24 bits per heavy atom. The topological polar surface area (TPSA) is 71.0 Å². The lowest BCUT2D eigenvalue weighted by atomic mass is 10.3. The Kier molecular flexibility index (Phi) is 4.50. The number of anilines is 1.